The van der Waals surface area contributed by atoms with Crippen molar-refractivity contribution in [1.82, 2.24) is 30.6 Å². The average molecular weight is 312 g/mol. The second kappa shape index (κ2) is 6.39. The number of aromatic nitrogens is 5. The SMILES string of the molecule is CC(C)[C@@H](NC(=O)c1ccccc1)c1nc(-c2ncn[nH]2)no1. The van der Waals surface area contributed by atoms with Crippen LogP contribution in [0.5, 0.6) is 0 Å². The molecule has 0 saturated heterocycles. The summed E-state index contributed by atoms with van der Waals surface area (Å²) in [7, 11) is 0. The fraction of sp³-hybridized carbons (Fsp3) is 0.267. The molecule has 1 aromatic carbocycles. The summed E-state index contributed by atoms with van der Waals surface area (Å²) >= 11 is 0. The van der Waals surface area contributed by atoms with Crippen LogP contribution >= 0.6 is 0 Å². The summed E-state index contributed by atoms with van der Waals surface area (Å²) in [5.41, 5.74) is 0.577. The molecular formula is C15H16N6O2. The number of H-pyrrole nitrogens is 1. The predicted molar refractivity (Wildman–Crippen MR) is 81.2 cm³/mol. The smallest absolute Gasteiger partial charge is 0.251 e. The van der Waals surface area contributed by atoms with Crippen LogP contribution in [-0.4, -0.2) is 31.2 Å². The zero-order valence-electron chi connectivity index (χ0n) is 12.7. The number of benzene rings is 1. The van der Waals surface area contributed by atoms with E-state index in [1.165, 1.54) is 6.33 Å². The Balaban J connectivity index is 1.81. The Hall–Kier alpha value is -3.03. The lowest BCUT2D eigenvalue weighted by molar-refractivity contribution is 0.0914. The number of rotatable bonds is 5. The van der Waals surface area contributed by atoms with Gasteiger partial charge in [0.15, 0.2) is 5.82 Å². The molecule has 0 radical (unpaired) electrons. The first kappa shape index (κ1) is 14.9. The highest BCUT2D eigenvalue weighted by molar-refractivity contribution is 5.94. The summed E-state index contributed by atoms with van der Waals surface area (Å²) in [6.07, 6.45) is 1.36. The maximum atomic E-state index is 12.3. The zero-order chi connectivity index (χ0) is 16.2. The summed E-state index contributed by atoms with van der Waals surface area (Å²) in [5, 5.41) is 13.2. The first-order valence-corrected chi connectivity index (χ1v) is 7.20. The first-order valence-electron chi connectivity index (χ1n) is 7.20. The van der Waals surface area contributed by atoms with Gasteiger partial charge in [-0.05, 0) is 18.1 Å². The first-order chi connectivity index (χ1) is 11.1. The van der Waals surface area contributed by atoms with Crippen LogP contribution in [0.3, 0.4) is 0 Å². The summed E-state index contributed by atoms with van der Waals surface area (Å²) < 4.78 is 5.29. The highest BCUT2D eigenvalue weighted by Gasteiger charge is 2.25. The maximum Gasteiger partial charge on any atom is 0.251 e. The number of nitrogens with one attached hydrogen (secondary N) is 2. The van der Waals surface area contributed by atoms with Crippen molar-refractivity contribution in [2.24, 2.45) is 5.92 Å². The molecule has 1 atom stereocenters. The summed E-state index contributed by atoms with van der Waals surface area (Å²) in [6, 6.07) is 8.59. The zero-order valence-corrected chi connectivity index (χ0v) is 12.7. The van der Waals surface area contributed by atoms with E-state index in [1.54, 1.807) is 12.1 Å². The van der Waals surface area contributed by atoms with Crippen molar-refractivity contribution in [3.63, 3.8) is 0 Å². The number of hydrogen-bond donors (Lipinski definition) is 2. The minimum Gasteiger partial charge on any atom is -0.340 e. The van der Waals surface area contributed by atoms with E-state index in [1.807, 2.05) is 32.0 Å². The molecular weight excluding hydrogens is 296 g/mol. The highest BCUT2D eigenvalue weighted by atomic mass is 16.5. The van der Waals surface area contributed by atoms with E-state index >= 15 is 0 Å². The molecule has 8 nitrogen and oxygen atoms in total. The minimum atomic E-state index is -0.396. The van der Waals surface area contributed by atoms with Gasteiger partial charge in [-0.3, -0.25) is 9.89 Å². The summed E-state index contributed by atoms with van der Waals surface area (Å²) in [4.78, 5) is 20.6. The fourth-order valence-corrected chi connectivity index (χ4v) is 2.10. The molecule has 3 rings (SSSR count). The lowest BCUT2D eigenvalue weighted by Crippen LogP contribution is -2.32. The lowest BCUT2D eigenvalue weighted by atomic mass is 10.0. The summed E-state index contributed by atoms with van der Waals surface area (Å²) in [5.74, 6) is 0.930. The van der Waals surface area contributed by atoms with Gasteiger partial charge in [0.1, 0.15) is 12.4 Å². The van der Waals surface area contributed by atoms with Gasteiger partial charge in [-0.15, -0.1) is 0 Å². The van der Waals surface area contributed by atoms with Crippen LogP contribution < -0.4 is 5.32 Å². The standard InChI is InChI=1S/C15H16N6O2/c1-9(2)11(18-14(22)10-6-4-3-5-7-10)15-19-13(21-23-15)12-16-8-17-20-12/h3-9,11H,1-2H3,(H,18,22)(H,16,17,20)/t11-/m1/s1. The van der Waals surface area contributed by atoms with E-state index in [9.17, 15) is 4.79 Å². The van der Waals surface area contributed by atoms with Crippen molar-refractivity contribution < 1.29 is 9.32 Å². The molecule has 0 bridgehead atoms. The van der Waals surface area contributed by atoms with E-state index in [4.69, 9.17) is 4.52 Å². The van der Waals surface area contributed by atoms with Gasteiger partial charge in [-0.1, -0.05) is 37.2 Å². The highest BCUT2D eigenvalue weighted by Crippen LogP contribution is 2.22. The third kappa shape index (κ3) is 3.25. The molecule has 118 valence electrons. The van der Waals surface area contributed by atoms with Crippen LogP contribution in [0.1, 0.15) is 36.1 Å². The molecule has 8 heteroatoms. The molecule has 0 fully saturated rings. The third-order valence-electron chi connectivity index (χ3n) is 3.32. The molecule has 3 aromatic rings. The molecule has 0 aliphatic carbocycles. The predicted octanol–water partition coefficient (Wildman–Crippen LogP) is 1.98. The van der Waals surface area contributed by atoms with Crippen molar-refractivity contribution >= 4 is 5.91 Å². The Labute approximate surface area is 132 Å². The van der Waals surface area contributed by atoms with Gasteiger partial charge in [0, 0.05) is 5.56 Å². The van der Waals surface area contributed by atoms with E-state index < -0.39 is 6.04 Å². The number of nitrogens with zero attached hydrogens (tertiary/aromatic N) is 4. The van der Waals surface area contributed by atoms with E-state index in [2.05, 4.69) is 30.6 Å². The molecule has 23 heavy (non-hydrogen) atoms. The molecule has 0 spiro atoms. The molecule has 2 heterocycles. The van der Waals surface area contributed by atoms with Crippen LogP contribution in [0.2, 0.25) is 0 Å². The average Bonchev–Trinajstić information content (AvgIpc) is 3.23. The molecule has 2 N–H and O–H groups in total. The largest absolute Gasteiger partial charge is 0.340 e. The number of amides is 1. The van der Waals surface area contributed by atoms with Crippen LogP contribution in [0.15, 0.2) is 41.2 Å². The number of carbonyl (C=O) groups is 1. The van der Waals surface area contributed by atoms with Crippen molar-refractivity contribution in [3.8, 4) is 11.6 Å². The second-order valence-electron chi connectivity index (χ2n) is 5.35. The Morgan fingerprint density at radius 1 is 1.26 bits per heavy atom. The Bertz CT molecular complexity index is 766. The van der Waals surface area contributed by atoms with Crippen LogP contribution in [0.25, 0.3) is 11.6 Å². The fourth-order valence-electron chi connectivity index (χ4n) is 2.10. The maximum absolute atomic E-state index is 12.3. The Morgan fingerprint density at radius 3 is 2.70 bits per heavy atom. The van der Waals surface area contributed by atoms with Gasteiger partial charge in [-0.25, -0.2) is 4.98 Å². The summed E-state index contributed by atoms with van der Waals surface area (Å²) in [6.45, 7) is 3.93. The number of carbonyl (C=O) groups excluding carboxylic acids is 1. The number of aromatic amines is 1. The van der Waals surface area contributed by atoms with Gasteiger partial charge in [0.05, 0.1) is 0 Å². The third-order valence-corrected chi connectivity index (χ3v) is 3.32. The Kier molecular flexibility index (Phi) is 4.13. The van der Waals surface area contributed by atoms with Crippen LogP contribution in [0, 0.1) is 5.92 Å². The monoisotopic (exact) mass is 312 g/mol. The van der Waals surface area contributed by atoms with Crippen molar-refractivity contribution in [2.45, 2.75) is 19.9 Å². The molecule has 0 saturated carbocycles. The Morgan fingerprint density at radius 2 is 2.04 bits per heavy atom. The lowest BCUT2D eigenvalue weighted by Gasteiger charge is -2.18. The van der Waals surface area contributed by atoms with E-state index in [0.717, 1.165) is 0 Å². The van der Waals surface area contributed by atoms with Gasteiger partial charge in [-0.2, -0.15) is 10.1 Å². The van der Waals surface area contributed by atoms with Gasteiger partial charge in [0.2, 0.25) is 11.7 Å². The second-order valence-corrected chi connectivity index (χ2v) is 5.35. The molecule has 0 aliphatic heterocycles. The normalized spacial score (nSPS) is 12.3. The quantitative estimate of drug-likeness (QED) is 0.745. The van der Waals surface area contributed by atoms with Crippen molar-refractivity contribution in [1.29, 1.82) is 0 Å². The molecule has 0 unspecified atom stereocenters. The van der Waals surface area contributed by atoms with Gasteiger partial charge >= 0.3 is 0 Å². The number of hydrogen-bond acceptors (Lipinski definition) is 6. The molecule has 1 amide bonds. The molecule has 0 aliphatic rings. The van der Waals surface area contributed by atoms with Crippen molar-refractivity contribution in [2.75, 3.05) is 0 Å². The molecule has 2 aromatic heterocycles. The van der Waals surface area contributed by atoms with Crippen LogP contribution in [0.4, 0.5) is 0 Å². The van der Waals surface area contributed by atoms with Crippen LogP contribution in [-0.2, 0) is 0 Å². The van der Waals surface area contributed by atoms with Gasteiger partial charge in [0.25, 0.3) is 5.91 Å². The minimum absolute atomic E-state index is 0.0747. The topological polar surface area (TPSA) is 110 Å². The van der Waals surface area contributed by atoms with Crippen molar-refractivity contribution in [3.05, 3.63) is 48.1 Å². The van der Waals surface area contributed by atoms with E-state index in [-0.39, 0.29) is 11.8 Å². The van der Waals surface area contributed by atoms with Gasteiger partial charge < -0.3 is 9.84 Å². The van der Waals surface area contributed by atoms with E-state index in [0.29, 0.717) is 23.1 Å².